The minimum Gasteiger partial charge on any atom is -0.294 e. The SMILES string of the molecule is CCCC(CCC)C(=O)c1cc(F)c(F)cc1F. The van der Waals surface area contributed by atoms with Crippen molar-refractivity contribution in [1.82, 2.24) is 0 Å². The molecule has 0 aliphatic carbocycles. The molecule has 0 aliphatic rings. The second-order valence-electron chi connectivity index (χ2n) is 4.38. The molecule has 1 aromatic rings. The molecule has 1 nitrogen and oxygen atoms in total. The maximum Gasteiger partial charge on any atom is 0.168 e. The van der Waals surface area contributed by atoms with Crippen molar-refractivity contribution < 1.29 is 18.0 Å². The molecule has 0 heterocycles. The topological polar surface area (TPSA) is 17.1 Å². The van der Waals surface area contributed by atoms with Crippen molar-refractivity contribution in [3.8, 4) is 0 Å². The Kier molecular flexibility index (Phi) is 5.38. The molecular formula is C14H17F3O. The molecule has 0 atom stereocenters. The Morgan fingerprint density at radius 2 is 1.50 bits per heavy atom. The van der Waals surface area contributed by atoms with Gasteiger partial charge in [0.2, 0.25) is 0 Å². The average Bonchev–Trinajstić information content (AvgIpc) is 2.33. The first-order valence-electron chi connectivity index (χ1n) is 6.20. The van der Waals surface area contributed by atoms with E-state index < -0.39 is 23.2 Å². The quantitative estimate of drug-likeness (QED) is 0.542. The lowest BCUT2D eigenvalue weighted by Crippen LogP contribution is -2.16. The van der Waals surface area contributed by atoms with Crippen molar-refractivity contribution in [2.75, 3.05) is 0 Å². The zero-order chi connectivity index (χ0) is 13.7. The summed E-state index contributed by atoms with van der Waals surface area (Å²) >= 11 is 0. The monoisotopic (exact) mass is 258 g/mol. The molecule has 0 saturated heterocycles. The summed E-state index contributed by atoms with van der Waals surface area (Å²) in [5.74, 6) is -4.20. The van der Waals surface area contributed by atoms with Crippen LogP contribution in [0.25, 0.3) is 0 Å². The van der Waals surface area contributed by atoms with Gasteiger partial charge in [0.1, 0.15) is 5.82 Å². The molecule has 0 radical (unpaired) electrons. The maximum absolute atomic E-state index is 13.5. The second kappa shape index (κ2) is 6.57. The van der Waals surface area contributed by atoms with Gasteiger partial charge in [-0.2, -0.15) is 0 Å². The number of hydrogen-bond acceptors (Lipinski definition) is 1. The number of halogens is 3. The summed E-state index contributed by atoms with van der Waals surface area (Å²) < 4.78 is 39.3. The second-order valence-corrected chi connectivity index (χ2v) is 4.38. The van der Waals surface area contributed by atoms with Crippen molar-refractivity contribution in [1.29, 1.82) is 0 Å². The van der Waals surface area contributed by atoms with Crippen molar-refractivity contribution in [2.45, 2.75) is 39.5 Å². The number of carbonyl (C=O) groups is 1. The predicted octanol–water partition coefficient (Wildman–Crippen LogP) is 4.50. The fourth-order valence-electron chi connectivity index (χ4n) is 2.03. The van der Waals surface area contributed by atoms with E-state index in [1.165, 1.54) is 0 Å². The Bertz CT molecular complexity index is 423. The van der Waals surface area contributed by atoms with Crippen LogP contribution in [0.2, 0.25) is 0 Å². The van der Waals surface area contributed by atoms with Crippen LogP contribution in [0.4, 0.5) is 13.2 Å². The fraction of sp³-hybridized carbons (Fsp3) is 0.500. The number of hydrogen-bond donors (Lipinski definition) is 0. The lowest BCUT2D eigenvalue weighted by molar-refractivity contribution is 0.0900. The minimum atomic E-state index is -1.27. The standard InChI is InChI=1S/C14H17F3O/c1-3-5-9(6-4-2)14(18)10-7-12(16)13(17)8-11(10)15/h7-9H,3-6H2,1-2H3. The molecule has 1 rings (SSSR count). The summed E-state index contributed by atoms with van der Waals surface area (Å²) in [6.45, 7) is 3.86. The number of rotatable bonds is 6. The first-order valence-corrected chi connectivity index (χ1v) is 6.20. The van der Waals surface area contributed by atoms with Gasteiger partial charge in [-0.15, -0.1) is 0 Å². The van der Waals surface area contributed by atoms with E-state index in [1.54, 1.807) is 0 Å². The van der Waals surface area contributed by atoms with Gasteiger partial charge in [0.25, 0.3) is 0 Å². The number of ketones is 1. The molecule has 0 spiro atoms. The van der Waals surface area contributed by atoms with Crippen LogP contribution < -0.4 is 0 Å². The molecule has 0 unspecified atom stereocenters. The van der Waals surface area contributed by atoms with Crippen LogP contribution in [0.3, 0.4) is 0 Å². The van der Waals surface area contributed by atoms with Crippen molar-refractivity contribution in [3.05, 3.63) is 35.1 Å². The highest BCUT2D eigenvalue weighted by Gasteiger charge is 2.23. The Morgan fingerprint density at radius 3 is 2.00 bits per heavy atom. The van der Waals surface area contributed by atoms with E-state index in [0.29, 0.717) is 25.0 Å². The Balaban J connectivity index is 3.04. The smallest absolute Gasteiger partial charge is 0.168 e. The van der Waals surface area contributed by atoms with Gasteiger partial charge in [0.05, 0.1) is 5.56 Å². The lowest BCUT2D eigenvalue weighted by atomic mass is 9.89. The number of carbonyl (C=O) groups excluding carboxylic acids is 1. The molecule has 0 N–H and O–H groups in total. The minimum absolute atomic E-state index is 0.320. The summed E-state index contributed by atoms with van der Waals surface area (Å²) in [6.07, 6.45) is 2.85. The Morgan fingerprint density at radius 1 is 1.00 bits per heavy atom. The van der Waals surface area contributed by atoms with E-state index in [9.17, 15) is 18.0 Å². The molecule has 100 valence electrons. The molecule has 0 saturated carbocycles. The highest BCUT2D eigenvalue weighted by molar-refractivity contribution is 5.98. The maximum atomic E-state index is 13.5. The van der Waals surface area contributed by atoms with E-state index in [2.05, 4.69) is 0 Å². The molecule has 0 aliphatic heterocycles. The number of Topliss-reactive ketones (excluding diaryl/α,β-unsaturated/α-hetero) is 1. The van der Waals surface area contributed by atoms with Gasteiger partial charge in [0.15, 0.2) is 17.4 Å². The van der Waals surface area contributed by atoms with E-state index in [0.717, 1.165) is 12.8 Å². The van der Waals surface area contributed by atoms with Crippen LogP contribution in [0.15, 0.2) is 12.1 Å². The van der Waals surface area contributed by atoms with E-state index in [-0.39, 0.29) is 11.5 Å². The van der Waals surface area contributed by atoms with Crippen molar-refractivity contribution >= 4 is 5.78 Å². The van der Waals surface area contributed by atoms with Gasteiger partial charge in [-0.1, -0.05) is 26.7 Å². The van der Waals surface area contributed by atoms with Gasteiger partial charge in [-0.3, -0.25) is 4.79 Å². The normalized spacial score (nSPS) is 11.0. The molecular weight excluding hydrogens is 241 g/mol. The first kappa shape index (κ1) is 14.7. The van der Waals surface area contributed by atoms with Gasteiger partial charge in [-0.25, -0.2) is 13.2 Å². The van der Waals surface area contributed by atoms with E-state index >= 15 is 0 Å². The van der Waals surface area contributed by atoms with Crippen molar-refractivity contribution in [3.63, 3.8) is 0 Å². The predicted molar refractivity (Wildman–Crippen MR) is 64.0 cm³/mol. The zero-order valence-corrected chi connectivity index (χ0v) is 10.6. The molecule has 0 fully saturated rings. The zero-order valence-electron chi connectivity index (χ0n) is 10.6. The van der Waals surface area contributed by atoms with Crippen LogP contribution in [0, 0.1) is 23.4 Å². The Labute approximate surface area is 105 Å². The summed E-state index contributed by atoms with van der Waals surface area (Å²) in [5.41, 5.74) is -0.346. The van der Waals surface area contributed by atoms with E-state index in [4.69, 9.17) is 0 Å². The number of benzene rings is 1. The molecule has 0 aromatic heterocycles. The molecule has 1 aromatic carbocycles. The molecule has 0 bridgehead atoms. The highest BCUT2D eigenvalue weighted by atomic mass is 19.2. The van der Waals surface area contributed by atoms with Gasteiger partial charge < -0.3 is 0 Å². The summed E-state index contributed by atoms with van der Waals surface area (Å²) in [5, 5.41) is 0. The van der Waals surface area contributed by atoms with Gasteiger partial charge in [-0.05, 0) is 18.9 Å². The Hall–Kier alpha value is -1.32. The van der Waals surface area contributed by atoms with Crippen LogP contribution in [0.1, 0.15) is 49.9 Å². The van der Waals surface area contributed by atoms with Crippen LogP contribution in [-0.4, -0.2) is 5.78 Å². The summed E-state index contributed by atoms with van der Waals surface area (Å²) in [4.78, 5) is 12.1. The van der Waals surface area contributed by atoms with Crippen molar-refractivity contribution in [2.24, 2.45) is 5.92 Å². The average molecular weight is 258 g/mol. The summed E-state index contributed by atoms with van der Waals surface area (Å²) in [6, 6.07) is 1.09. The fourth-order valence-corrected chi connectivity index (χ4v) is 2.03. The molecule has 0 amide bonds. The van der Waals surface area contributed by atoms with Crippen LogP contribution in [0.5, 0.6) is 0 Å². The van der Waals surface area contributed by atoms with E-state index in [1.807, 2.05) is 13.8 Å². The lowest BCUT2D eigenvalue weighted by Gasteiger charge is -2.14. The third-order valence-electron chi connectivity index (χ3n) is 2.92. The molecule has 18 heavy (non-hydrogen) atoms. The third-order valence-corrected chi connectivity index (χ3v) is 2.92. The molecule has 4 heteroatoms. The third kappa shape index (κ3) is 3.34. The van der Waals surface area contributed by atoms with Gasteiger partial charge in [0, 0.05) is 12.0 Å². The highest BCUT2D eigenvalue weighted by Crippen LogP contribution is 2.23. The van der Waals surface area contributed by atoms with Gasteiger partial charge >= 0.3 is 0 Å². The van der Waals surface area contributed by atoms with Crippen LogP contribution in [-0.2, 0) is 0 Å². The first-order chi connectivity index (χ1) is 8.51. The summed E-state index contributed by atoms with van der Waals surface area (Å²) in [7, 11) is 0. The van der Waals surface area contributed by atoms with Crippen LogP contribution >= 0.6 is 0 Å². The largest absolute Gasteiger partial charge is 0.294 e.